The van der Waals surface area contributed by atoms with Gasteiger partial charge in [-0.1, -0.05) is 6.07 Å². The Bertz CT molecular complexity index is 864. The van der Waals surface area contributed by atoms with Crippen LogP contribution in [0.15, 0.2) is 24.4 Å². The zero-order chi connectivity index (χ0) is 19.8. The molecular weight excluding hydrogens is 366 g/mol. The first kappa shape index (κ1) is 19.1. The third kappa shape index (κ3) is 3.69. The summed E-state index contributed by atoms with van der Waals surface area (Å²) in [4.78, 5) is 2.53. The second kappa shape index (κ2) is 7.74. The van der Waals surface area contributed by atoms with Gasteiger partial charge in [0.05, 0.1) is 31.6 Å². The Morgan fingerprint density at radius 3 is 2.83 bits per heavy atom. The van der Waals surface area contributed by atoms with E-state index in [9.17, 15) is 0 Å². The molecule has 2 aromatic rings. The van der Waals surface area contributed by atoms with Crippen LogP contribution in [0.25, 0.3) is 0 Å². The molecule has 1 unspecified atom stereocenters. The fourth-order valence-corrected chi connectivity index (χ4v) is 4.95. The fraction of sp³-hybridized carbons (Fsp3) is 0.609. The molecule has 2 fully saturated rings. The first-order valence-corrected chi connectivity index (χ1v) is 10.8. The first-order valence-electron chi connectivity index (χ1n) is 10.8. The highest BCUT2D eigenvalue weighted by molar-refractivity contribution is 5.41. The second-order valence-electron chi connectivity index (χ2n) is 8.67. The summed E-state index contributed by atoms with van der Waals surface area (Å²) in [6.07, 6.45) is 6.22. The van der Waals surface area contributed by atoms with Crippen LogP contribution in [-0.4, -0.2) is 53.7 Å². The molecule has 0 N–H and O–H groups in total. The molecule has 1 aromatic carbocycles. The summed E-state index contributed by atoms with van der Waals surface area (Å²) in [5.41, 5.74) is 5.21. The number of piperidine rings is 1. The molecule has 0 radical (unpaired) electrons. The van der Waals surface area contributed by atoms with Crippen LogP contribution in [0.3, 0.4) is 0 Å². The molecule has 6 nitrogen and oxygen atoms in total. The number of aryl methyl sites for hydroxylation is 1. The molecule has 4 heterocycles. The van der Waals surface area contributed by atoms with Gasteiger partial charge in [0.2, 0.25) is 0 Å². The summed E-state index contributed by atoms with van der Waals surface area (Å²) >= 11 is 0. The lowest BCUT2D eigenvalue weighted by Gasteiger charge is -2.45. The van der Waals surface area contributed by atoms with Crippen LogP contribution < -0.4 is 4.74 Å². The van der Waals surface area contributed by atoms with Crippen molar-refractivity contribution in [3.8, 4) is 5.75 Å². The predicted molar refractivity (Wildman–Crippen MR) is 110 cm³/mol. The topological polar surface area (TPSA) is 48.8 Å². The van der Waals surface area contributed by atoms with E-state index < -0.39 is 0 Å². The molecule has 3 aliphatic rings. The van der Waals surface area contributed by atoms with Gasteiger partial charge in [0.15, 0.2) is 0 Å². The molecule has 0 amide bonds. The minimum absolute atomic E-state index is 0.136. The Kier molecular flexibility index (Phi) is 5.10. The molecule has 1 atom stereocenters. The van der Waals surface area contributed by atoms with Crippen molar-refractivity contribution in [1.82, 2.24) is 14.7 Å². The van der Waals surface area contributed by atoms with Crippen molar-refractivity contribution in [3.05, 3.63) is 46.8 Å². The van der Waals surface area contributed by atoms with Gasteiger partial charge in [0.25, 0.3) is 0 Å². The van der Waals surface area contributed by atoms with Crippen LogP contribution >= 0.6 is 0 Å². The monoisotopic (exact) mass is 397 g/mol. The molecule has 156 valence electrons. The van der Waals surface area contributed by atoms with E-state index in [1.165, 1.54) is 22.4 Å². The number of likely N-dealkylation sites (tertiary alicyclic amines) is 1. The molecule has 1 spiro atoms. The van der Waals surface area contributed by atoms with E-state index in [4.69, 9.17) is 14.2 Å². The average Bonchev–Trinajstić information content (AvgIpc) is 3.35. The zero-order valence-electron chi connectivity index (χ0n) is 17.5. The Hall–Kier alpha value is -1.89. The van der Waals surface area contributed by atoms with Gasteiger partial charge in [-0.05, 0) is 49.4 Å². The lowest BCUT2D eigenvalue weighted by atomic mass is 9.79. The van der Waals surface area contributed by atoms with E-state index in [1.54, 1.807) is 0 Å². The third-order valence-corrected chi connectivity index (χ3v) is 6.90. The Labute approximate surface area is 172 Å². The highest BCUT2D eigenvalue weighted by Gasteiger charge is 2.41. The van der Waals surface area contributed by atoms with E-state index >= 15 is 0 Å². The molecule has 3 aliphatic heterocycles. The maximum Gasteiger partial charge on any atom is 0.124 e. The summed E-state index contributed by atoms with van der Waals surface area (Å²) in [7, 11) is 2.01. The lowest BCUT2D eigenvalue weighted by Crippen LogP contribution is -2.46. The number of hydrogen-bond donors (Lipinski definition) is 0. The van der Waals surface area contributed by atoms with Crippen molar-refractivity contribution < 1.29 is 14.2 Å². The van der Waals surface area contributed by atoms with Crippen molar-refractivity contribution in [2.24, 2.45) is 7.05 Å². The molecule has 0 aliphatic carbocycles. The number of fused-ring (bicyclic) bond motifs is 2. The Balaban J connectivity index is 1.28. The molecule has 29 heavy (non-hydrogen) atoms. The minimum Gasteiger partial charge on any atom is -0.488 e. The van der Waals surface area contributed by atoms with Crippen molar-refractivity contribution >= 4 is 0 Å². The number of benzene rings is 1. The quantitative estimate of drug-likeness (QED) is 0.794. The van der Waals surface area contributed by atoms with Crippen molar-refractivity contribution in [2.45, 2.75) is 50.9 Å². The minimum atomic E-state index is -0.136. The lowest BCUT2D eigenvalue weighted by molar-refractivity contribution is -0.0989. The predicted octanol–water partition coefficient (Wildman–Crippen LogP) is 2.96. The molecular formula is C23H31N3O3. The molecule has 5 rings (SSSR count). The van der Waals surface area contributed by atoms with Crippen molar-refractivity contribution in [2.75, 3.05) is 32.9 Å². The van der Waals surface area contributed by atoms with E-state index in [2.05, 4.69) is 35.1 Å². The summed E-state index contributed by atoms with van der Waals surface area (Å²) in [6.45, 7) is 7.52. The molecule has 0 bridgehead atoms. The zero-order valence-corrected chi connectivity index (χ0v) is 17.5. The van der Waals surface area contributed by atoms with Crippen LogP contribution in [-0.2, 0) is 35.1 Å². The van der Waals surface area contributed by atoms with Crippen molar-refractivity contribution in [1.29, 1.82) is 0 Å². The number of rotatable bonds is 4. The maximum absolute atomic E-state index is 6.43. The molecule has 6 heteroatoms. The molecule has 2 saturated heterocycles. The SMILES string of the molecule is Cc1c(CN2CCC3(CC2)OCCc2cc(OC4CCOC4)ccc23)cnn1C. The number of aromatic nitrogens is 2. The Morgan fingerprint density at radius 2 is 2.10 bits per heavy atom. The van der Waals surface area contributed by atoms with Gasteiger partial charge in [-0.15, -0.1) is 0 Å². The summed E-state index contributed by atoms with van der Waals surface area (Å²) in [6, 6.07) is 6.61. The number of nitrogens with zero attached hydrogens (tertiary/aromatic N) is 3. The van der Waals surface area contributed by atoms with Crippen LogP contribution in [0, 0.1) is 6.92 Å². The first-order chi connectivity index (χ1) is 14.1. The van der Waals surface area contributed by atoms with Crippen LogP contribution in [0.5, 0.6) is 5.75 Å². The van der Waals surface area contributed by atoms with Gasteiger partial charge in [-0.3, -0.25) is 9.58 Å². The van der Waals surface area contributed by atoms with E-state index in [-0.39, 0.29) is 11.7 Å². The van der Waals surface area contributed by atoms with Crippen LogP contribution in [0.4, 0.5) is 0 Å². The second-order valence-corrected chi connectivity index (χ2v) is 8.67. The molecule has 0 saturated carbocycles. The van der Waals surface area contributed by atoms with Gasteiger partial charge in [0, 0.05) is 44.4 Å². The average molecular weight is 398 g/mol. The number of hydrogen-bond acceptors (Lipinski definition) is 5. The maximum atomic E-state index is 6.43. The van der Waals surface area contributed by atoms with Crippen molar-refractivity contribution in [3.63, 3.8) is 0 Å². The molecule has 1 aromatic heterocycles. The summed E-state index contributed by atoms with van der Waals surface area (Å²) in [5.74, 6) is 0.973. The van der Waals surface area contributed by atoms with Crippen LogP contribution in [0.1, 0.15) is 41.6 Å². The van der Waals surface area contributed by atoms with E-state index in [0.29, 0.717) is 6.61 Å². The summed E-state index contributed by atoms with van der Waals surface area (Å²) < 4.78 is 20.0. The van der Waals surface area contributed by atoms with E-state index in [1.807, 2.05) is 17.9 Å². The Morgan fingerprint density at radius 1 is 1.24 bits per heavy atom. The smallest absolute Gasteiger partial charge is 0.124 e. The highest BCUT2D eigenvalue weighted by atomic mass is 16.5. The number of ether oxygens (including phenoxy) is 3. The van der Waals surface area contributed by atoms with Gasteiger partial charge in [0.1, 0.15) is 11.9 Å². The normalized spacial score (nSPS) is 24.0. The van der Waals surface area contributed by atoms with Gasteiger partial charge in [-0.25, -0.2) is 0 Å². The van der Waals surface area contributed by atoms with Gasteiger partial charge >= 0.3 is 0 Å². The van der Waals surface area contributed by atoms with Gasteiger partial charge < -0.3 is 14.2 Å². The highest BCUT2D eigenvalue weighted by Crippen LogP contribution is 2.42. The largest absolute Gasteiger partial charge is 0.488 e. The fourth-order valence-electron chi connectivity index (χ4n) is 4.95. The van der Waals surface area contributed by atoms with Crippen LogP contribution in [0.2, 0.25) is 0 Å². The standard InChI is InChI=1S/C23H31N3O3/c1-17-19(14-24-25(17)2)15-26-9-7-23(8-10-26)22-4-3-20(13-18(22)5-12-28-23)29-21-6-11-27-16-21/h3-4,13-14,21H,5-12,15-16H2,1-2H3. The summed E-state index contributed by atoms with van der Waals surface area (Å²) in [5, 5.41) is 4.39. The van der Waals surface area contributed by atoms with Gasteiger partial charge in [-0.2, -0.15) is 5.10 Å². The van der Waals surface area contributed by atoms with E-state index in [0.717, 1.165) is 64.3 Å². The third-order valence-electron chi connectivity index (χ3n) is 6.90.